The zero-order chi connectivity index (χ0) is 14.7. The van der Waals surface area contributed by atoms with E-state index in [4.69, 9.17) is 22.1 Å². The number of amides is 1. The number of ether oxygens (including phenoxy) is 1. The van der Waals surface area contributed by atoms with Crippen LogP contribution in [-0.2, 0) is 6.61 Å². The van der Waals surface area contributed by atoms with Crippen LogP contribution in [0.25, 0.3) is 0 Å². The van der Waals surface area contributed by atoms with E-state index in [-0.39, 0.29) is 3.74 Å². The zero-order valence-corrected chi connectivity index (χ0v) is 14.7. The van der Waals surface area contributed by atoms with Crippen LogP contribution in [0.1, 0.15) is 24.7 Å². The molecule has 0 saturated carbocycles. The van der Waals surface area contributed by atoms with Gasteiger partial charge in [-0.2, -0.15) is 0 Å². The van der Waals surface area contributed by atoms with Crippen molar-refractivity contribution in [1.29, 1.82) is 0 Å². The molecule has 0 fully saturated rings. The number of thiazole rings is 1. The standard InChI is InChI=1S/C12H9Br2ClN2O2S/c13-10(14)8-9(11(16)18)20-12(17-8)19-5-6-1-3-7(15)4-2-6/h1-4,10H,5H2,(H2,16,18). The number of halogens is 3. The summed E-state index contributed by atoms with van der Waals surface area (Å²) in [6, 6.07) is 7.30. The second-order valence-corrected chi connectivity index (χ2v) is 8.23. The van der Waals surface area contributed by atoms with E-state index in [1.807, 2.05) is 12.1 Å². The smallest absolute Gasteiger partial charge is 0.274 e. The minimum Gasteiger partial charge on any atom is -0.465 e. The van der Waals surface area contributed by atoms with Gasteiger partial charge in [0.2, 0.25) is 0 Å². The lowest BCUT2D eigenvalue weighted by atomic mass is 10.2. The molecule has 20 heavy (non-hydrogen) atoms. The van der Waals surface area contributed by atoms with Crippen molar-refractivity contribution in [3.05, 3.63) is 45.4 Å². The first-order valence-corrected chi connectivity index (χ1v) is 8.46. The molecule has 1 amide bonds. The van der Waals surface area contributed by atoms with Gasteiger partial charge in [-0.15, -0.1) is 0 Å². The predicted octanol–water partition coefficient (Wildman–Crippen LogP) is 4.26. The van der Waals surface area contributed by atoms with Gasteiger partial charge >= 0.3 is 0 Å². The molecule has 1 aromatic carbocycles. The topological polar surface area (TPSA) is 65.2 Å². The number of primary amides is 1. The summed E-state index contributed by atoms with van der Waals surface area (Å²) in [6.07, 6.45) is 0. The zero-order valence-electron chi connectivity index (χ0n) is 9.98. The van der Waals surface area contributed by atoms with Gasteiger partial charge in [0, 0.05) is 5.02 Å². The molecule has 1 aromatic heterocycles. The third-order valence-electron chi connectivity index (χ3n) is 2.34. The summed E-state index contributed by atoms with van der Waals surface area (Å²) in [4.78, 5) is 15.9. The fourth-order valence-corrected chi connectivity index (χ4v) is 3.32. The van der Waals surface area contributed by atoms with Gasteiger partial charge in [0.25, 0.3) is 11.1 Å². The summed E-state index contributed by atoms with van der Waals surface area (Å²) in [5.74, 6) is -0.525. The van der Waals surface area contributed by atoms with Gasteiger partial charge in [-0.05, 0) is 17.7 Å². The van der Waals surface area contributed by atoms with Crippen molar-refractivity contribution in [3.8, 4) is 5.19 Å². The molecule has 2 aromatic rings. The molecule has 0 aliphatic carbocycles. The Morgan fingerprint density at radius 1 is 1.40 bits per heavy atom. The van der Waals surface area contributed by atoms with Crippen LogP contribution in [0, 0.1) is 0 Å². The lowest BCUT2D eigenvalue weighted by Crippen LogP contribution is -2.11. The summed E-state index contributed by atoms with van der Waals surface area (Å²) in [6.45, 7) is 0.345. The van der Waals surface area contributed by atoms with Crippen molar-refractivity contribution < 1.29 is 9.53 Å². The fourth-order valence-electron chi connectivity index (χ4n) is 1.42. The van der Waals surface area contributed by atoms with E-state index in [1.54, 1.807) is 12.1 Å². The second kappa shape index (κ2) is 6.89. The molecule has 2 rings (SSSR count). The number of benzene rings is 1. The Morgan fingerprint density at radius 2 is 2.05 bits per heavy atom. The second-order valence-electron chi connectivity index (χ2n) is 3.77. The largest absolute Gasteiger partial charge is 0.465 e. The molecule has 8 heteroatoms. The molecule has 0 aliphatic heterocycles. The molecule has 0 aliphatic rings. The Morgan fingerprint density at radius 3 is 2.55 bits per heavy atom. The Kier molecular flexibility index (Phi) is 5.42. The molecule has 0 bridgehead atoms. The molecular weight excluding hydrogens is 431 g/mol. The van der Waals surface area contributed by atoms with Gasteiger partial charge in [-0.1, -0.05) is 66.9 Å². The number of hydrogen-bond acceptors (Lipinski definition) is 4. The molecule has 0 unspecified atom stereocenters. The third kappa shape index (κ3) is 3.94. The van der Waals surface area contributed by atoms with E-state index >= 15 is 0 Å². The van der Waals surface area contributed by atoms with Crippen molar-refractivity contribution in [2.24, 2.45) is 5.73 Å². The van der Waals surface area contributed by atoms with Crippen LogP contribution in [0.5, 0.6) is 5.19 Å². The van der Waals surface area contributed by atoms with E-state index < -0.39 is 5.91 Å². The van der Waals surface area contributed by atoms with Crippen LogP contribution in [0.2, 0.25) is 5.02 Å². The minimum atomic E-state index is -0.525. The summed E-state index contributed by atoms with van der Waals surface area (Å²) >= 11 is 13.5. The normalized spacial score (nSPS) is 10.8. The van der Waals surface area contributed by atoms with Crippen molar-refractivity contribution in [3.63, 3.8) is 0 Å². The molecular formula is C12H9Br2ClN2O2S. The predicted molar refractivity (Wildman–Crippen MR) is 87.0 cm³/mol. The van der Waals surface area contributed by atoms with Gasteiger partial charge < -0.3 is 10.5 Å². The number of nitrogens with zero attached hydrogens (tertiary/aromatic N) is 1. The summed E-state index contributed by atoms with van der Waals surface area (Å²) < 4.78 is 5.32. The molecule has 2 N–H and O–H groups in total. The molecule has 0 radical (unpaired) electrons. The van der Waals surface area contributed by atoms with Gasteiger partial charge in [-0.3, -0.25) is 4.79 Å². The van der Waals surface area contributed by atoms with Gasteiger partial charge in [0.05, 0.1) is 5.69 Å². The molecule has 0 spiro atoms. The van der Waals surface area contributed by atoms with E-state index in [1.165, 1.54) is 0 Å². The molecule has 1 heterocycles. The van der Waals surface area contributed by atoms with Gasteiger partial charge in [0.15, 0.2) is 0 Å². The molecule has 0 saturated heterocycles. The molecule has 4 nitrogen and oxygen atoms in total. The van der Waals surface area contributed by atoms with Crippen molar-refractivity contribution in [2.45, 2.75) is 10.3 Å². The number of hydrogen-bond donors (Lipinski definition) is 1. The maximum atomic E-state index is 11.3. The number of carbonyl (C=O) groups is 1. The van der Waals surface area contributed by atoms with Gasteiger partial charge in [0.1, 0.15) is 15.2 Å². The SMILES string of the molecule is NC(=O)c1sc(OCc2ccc(Cl)cc2)nc1C(Br)Br. The van der Waals surface area contributed by atoms with Crippen LogP contribution in [-0.4, -0.2) is 10.9 Å². The highest BCUT2D eigenvalue weighted by Gasteiger charge is 2.20. The average molecular weight is 441 g/mol. The van der Waals surface area contributed by atoms with Crippen molar-refractivity contribution >= 4 is 60.7 Å². The summed E-state index contributed by atoms with van der Waals surface area (Å²) in [5, 5.41) is 1.07. The Hall–Kier alpha value is -0.630. The third-order valence-corrected chi connectivity index (χ3v) is 4.46. The van der Waals surface area contributed by atoms with E-state index in [9.17, 15) is 4.79 Å². The van der Waals surface area contributed by atoms with Crippen LogP contribution >= 0.6 is 54.8 Å². The van der Waals surface area contributed by atoms with Crippen LogP contribution in [0.4, 0.5) is 0 Å². The Bertz CT molecular complexity index is 616. The molecule has 0 atom stereocenters. The van der Waals surface area contributed by atoms with E-state index in [2.05, 4.69) is 36.8 Å². The Labute approximate surface area is 141 Å². The van der Waals surface area contributed by atoms with E-state index in [0.29, 0.717) is 27.4 Å². The number of carbonyl (C=O) groups excluding carboxylic acids is 1. The minimum absolute atomic E-state index is 0.248. The monoisotopic (exact) mass is 438 g/mol. The number of nitrogens with two attached hydrogens (primary N) is 1. The molecule has 106 valence electrons. The van der Waals surface area contributed by atoms with Crippen LogP contribution in [0.3, 0.4) is 0 Å². The van der Waals surface area contributed by atoms with Crippen molar-refractivity contribution in [1.82, 2.24) is 4.98 Å². The quantitative estimate of drug-likeness (QED) is 0.707. The first-order chi connectivity index (χ1) is 9.47. The highest BCUT2D eigenvalue weighted by Crippen LogP contribution is 2.36. The maximum absolute atomic E-state index is 11.3. The Balaban J connectivity index is 2.12. The van der Waals surface area contributed by atoms with Gasteiger partial charge in [-0.25, -0.2) is 4.98 Å². The number of aromatic nitrogens is 1. The lowest BCUT2D eigenvalue weighted by molar-refractivity contribution is 0.100. The van der Waals surface area contributed by atoms with Crippen LogP contribution in [0.15, 0.2) is 24.3 Å². The maximum Gasteiger partial charge on any atom is 0.274 e. The highest BCUT2D eigenvalue weighted by atomic mass is 79.9. The number of alkyl halides is 2. The average Bonchev–Trinajstić information content (AvgIpc) is 2.83. The number of rotatable bonds is 5. The first-order valence-electron chi connectivity index (χ1n) is 5.43. The summed E-state index contributed by atoms with van der Waals surface area (Å²) in [7, 11) is 0. The highest BCUT2D eigenvalue weighted by molar-refractivity contribution is 9.24. The van der Waals surface area contributed by atoms with E-state index in [0.717, 1.165) is 16.9 Å². The fraction of sp³-hybridized carbons (Fsp3) is 0.167. The van der Waals surface area contributed by atoms with Crippen molar-refractivity contribution in [2.75, 3.05) is 0 Å². The lowest BCUT2D eigenvalue weighted by Gasteiger charge is -2.02. The first kappa shape index (κ1) is 15.8. The van der Waals surface area contributed by atoms with Crippen LogP contribution < -0.4 is 10.5 Å². The summed E-state index contributed by atoms with van der Waals surface area (Å²) in [5.41, 5.74) is 6.79.